The first-order valence-corrected chi connectivity index (χ1v) is 9.05. The van der Waals surface area contributed by atoms with Gasteiger partial charge in [0.15, 0.2) is 0 Å². The number of amides is 1. The normalized spacial score (nSPS) is 13.3. The molecule has 0 aromatic heterocycles. The van der Waals surface area contributed by atoms with Crippen molar-refractivity contribution >= 4 is 23.4 Å². The van der Waals surface area contributed by atoms with Crippen LogP contribution in [-0.2, 0) is 4.79 Å². The zero-order valence-electron chi connectivity index (χ0n) is 13.7. The minimum absolute atomic E-state index is 0.168. The average Bonchev–Trinajstić information content (AvgIpc) is 2.65. The first kappa shape index (κ1) is 16.7. The van der Waals surface area contributed by atoms with Crippen LogP contribution >= 0.6 is 11.8 Å². The number of anilines is 1. The van der Waals surface area contributed by atoms with Crippen LogP contribution in [0.15, 0.2) is 53.4 Å². The molecule has 1 amide bonds. The molecular formula is C19H21NO3S. The second-order valence-electron chi connectivity index (χ2n) is 5.49. The van der Waals surface area contributed by atoms with Gasteiger partial charge in [-0.1, -0.05) is 12.1 Å². The molecule has 0 aliphatic carbocycles. The van der Waals surface area contributed by atoms with Crippen LogP contribution in [0.5, 0.6) is 11.5 Å². The molecule has 0 N–H and O–H groups in total. The van der Waals surface area contributed by atoms with E-state index in [0.717, 1.165) is 29.5 Å². The van der Waals surface area contributed by atoms with E-state index in [4.69, 9.17) is 9.47 Å². The third-order valence-corrected chi connectivity index (χ3v) is 4.94. The first-order chi connectivity index (χ1) is 11.8. The Hall–Kier alpha value is -2.14. The lowest BCUT2D eigenvalue weighted by Gasteiger charge is -2.29. The van der Waals surface area contributed by atoms with Crippen LogP contribution in [-0.4, -0.2) is 31.9 Å². The molecule has 2 aromatic rings. The quantitative estimate of drug-likeness (QED) is 0.743. The Morgan fingerprint density at radius 3 is 2.67 bits per heavy atom. The number of ether oxygens (including phenoxy) is 2. The molecule has 2 aromatic carbocycles. The Bertz CT molecular complexity index is 687. The van der Waals surface area contributed by atoms with Crippen LogP contribution in [0.4, 0.5) is 5.69 Å². The summed E-state index contributed by atoms with van der Waals surface area (Å²) in [5, 5.41) is 0. The van der Waals surface area contributed by atoms with Gasteiger partial charge in [-0.15, -0.1) is 11.8 Å². The van der Waals surface area contributed by atoms with E-state index in [0.29, 0.717) is 19.4 Å². The zero-order valence-corrected chi connectivity index (χ0v) is 14.6. The Morgan fingerprint density at radius 1 is 1.12 bits per heavy atom. The molecule has 126 valence electrons. The Morgan fingerprint density at radius 2 is 1.88 bits per heavy atom. The van der Waals surface area contributed by atoms with Crippen LogP contribution < -0.4 is 14.4 Å². The molecule has 0 unspecified atom stereocenters. The van der Waals surface area contributed by atoms with Gasteiger partial charge in [-0.25, -0.2) is 0 Å². The van der Waals surface area contributed by atoms with Crippen molar-refractivity contribution in [3.8, 4) is 11.5 Å². The number of para-hydroxylation sites is 1. The van der Waals surface area contributed by atoms with E-state index >= 15 is 0 Å². The zero-order chi connectivity index (χ0) is 16.8. The van der Waals surface area contributed by atoms with E-state index in [1.54, 1.807) is 7.11 Å². The average molecular weight is 343 g/mol. The summed E-state index contributed by atoms with van der Waals surface area (Å²) in [7, 11) is 1.64. The van der Waals surface area contributed by atoms with Gasteiger partial charge < -0.3 is 14.4 Å². The number of carbonyl (C=O) groups excluding carboxylic acids is 1. The molecule has 0 fully saturated rings. The maximum atomic E-state index is 12.5. The monoisotopic (exact) mass is 343 g/mol. The molecule has 4 nitrogen and oxygen atoms in total. The van der Waals surface area contributed by atoms with E-state index in [1.807, 2.05) is 59.1 Å². The third kappa shape index (κ3) is 4.03. The molecule has 0 saturated carbocycles. The highest BCUT2D eigenvalue weighted by atomic mass is 32.2. The second-order valence-corrected chi connectivity index (χ2v) is 6.63. The molecule has 0 spiro atoms. The standard InChI is InChI=1S/C19H21NO3S/c1-22-15-8-10-16(11-9-15)23-13-4-7-19(21)20-12-14-24-18-6-3-2-5-17(18)20/h2-3,5-6,8-11H,4,7,12-14H2,1H3. The fourth-order valence-electron chi connectivity index (χ4n) is 2.65. The Kier molecular flexibility index (Phi) is 5.64. The van der Waals surface area contributed by atoms with E-state index in [-0.39, 0.29) is 5.91 Å². The van der Waals surface area contributed by atoms with Crippen molar-refractivity contribution < 1.29 is 14.3 Å². The predicted molar refractivity (Wildman–Crippen MR) is 97.2 cm³/mol. The summed E-state index contributed by atoms with van der Waals surface area (Å²) in [6.07, 6.45) is 1.20. The van der Waals surface area contributed by atoms with Crippen LogP contribution in [0.1, 0.15) is 12.8 Å². The van der Waals surface area contributed by atoms with Crippen LogP contribution in [0.2, 0.25) is 0 Å². The fourth-order valence-corrected chi connectivity index (χ4v) is 3.64. The van der Waals surface area contributed by atoms with Crippen LogP contribution in [0.25, 0.3) is 0 Å². The molecule has 1 aliphatic heterocycles. The van der Waals surface area contributed by atoms with Crippen molar-refractivity contribution in [1.82, 2.24) is 0 Å². The van der Waals surface area contributed by atoms with Gasteiger partial charge in [0.25, 0.3) is 0 Å². The summed E-state index contributed by atoms with van der Waals surface area (Å²) in [4.78, 5) is 15.6. The number of hydrogen-bond donors (Lipinski definition) is 0. The van der Waals surface area contributed by atoms with Crippen LogP contribution in [0.3, 0.4) is 0 Å². The number of carbonyl (C=O) groups is 1. The van der Waals surface area contributed by atoms with Crippen molar-refractivity contribution in [1.29, 1.82) is 0 Å². The van der Waals surface area contributed by atoms with Gasteiger partial charge in [0.2, 0.25) is 5.91 Å². The molecule has 0 radical (unpaired) electrons. The van der Waals surface area contributed by atoms with Gasteiger partial charge in [0, 0.05) is 23.6 Å². The second kappa shape index (κ2) is 8.11. The number of fused-ring (bicyclic) bond motifs is 1. The highest BCUT2D eigenvalue weighted by Gasteiger charge is 2.21. The largest absolute Gasteiger partial charge is 0.497 e. The van der Waals surface area contributed by atoms with Gasteiger partial charge in [-0.2, -0.15) is 0 Å². The summed E-state index contributed by atoms with van der Waals surface area (Å²) in [6, 6.07) is 15.6. The number of methoxy groups -OCH3 is 1. The van der Waals surface area contributed by atoms with E-state index in [9.17, 15) is 4.79 Å². The SMILES string of the molecule is COc1ccc(OCCCC(=O)N2CCSc3ccccc32)cc1. The van der Waals surface area contributed by atoms with Gasteiger partial charge in [-0.05, 0) is 42.8 Å². The topological polar surface area (TPSA) is 38.8 Å². The fraction of sp³-hybridized carbons (Fsp3) is 0.316. The van der Waals surface area contributed by atoms with Crippen molar-refractivity contribution in [3.05, 3.63) is 48.5 Å². The lowest BCUT2D eigenvalue weighted by atomic mass is 10.2. The van der Waals surface area contributed by atoms with Crippen molar-refractivity contribution in [2.24, 2.45) is 0 Å². The number of thioether (sulfide) groups is 1. The van der Waals surface area contributed by atoms with E-state index in [1.165, 1.54) is 4.90 Å². The van der Waals surface area contributed by atoms with Gasteiger partial charge >= 0.3 is 0 Å². The van der Waals surface area contributed by atoms with Gasteiger partial charge in [-0.3, -0.25) is 4.79 Å². The summed E-state index contributed by atoms with van der Waals surface area (Å²) in [6.45, 7) is 1.31. The smallest absolute Gasteiger partial charge is 0.227 e. The summed E-state index contributed by atoms with van der Waals surface area (Å²) in [5.41, 5.74) is 1.04. The molecule has 24 heavy (non-hydrogen) atoms. The summed E-state index contributed by atoms with van der Waals surface area (Å²) < 4.78 is 10.8. The van der Waals surface area contributed by atoms with E-state index in [2.05, 4.69) is 6.07 Å². The lowest BCUT2D eigenvalue weighted by molar-refractivity contribution is -0.118. The molecule has 1 heterocycles. The first-order valence-electron chi connectivity index (χ1n) is 8.07. The third-order valence-electron chi connectivity index (χ3n) is 3.89. The molecule has 0 saturated heterocycles. The molecule has 0 atom stereocenters. The van der Waals surface area contributed by atoms with Crippen molar-refractivity contribution in [2.45, 2.75) is 17.7 Å². The minimum Gasteiger partial charge on any atom is -0.497 e. The van der Waals surface area contributed by atoms with E-state index < -0.39 is 0 Å². The molecule has 0 bridgehead atoms. The predicted octanol–water partition coefficient (Wildman–Crippen LogP) is 3.99. The highest BCUT2D eigenvalue weighted by Crippen LogP contribution is 2.34. The van der Waals surface area contributed by atoms with Crippen LogP contribution in [0, 0.1) is 0 Å². The number of hydrogen-bond acceptors (Lipinski definition) is 4. The number of benzene rings is 2. The molecule has 3 rings (SSSR count). The van der Waals surface area contributed by atoms with Crippen molar-refractivity contribution in [3.63, 3.8) is 0 Å². The van der Waals surface area contributed by atoms with Crippen molar-refractivity contribution in [2.75, 3.05) is 30.9 Å². The summed E-state index contributed by atoms with van der Waals surface area (Å²) in [5.74, 6) is 2.72. The molecule has 1 aliphatic rings. The Balaban J connectivity index is 1.48. The summed E-state index contributed by atoms with van der Waals surface area (Å²) >= 11 is 1.81. The highest BCUT2D eigenvalue weighted by molar-refractivity contribution is 7.99. The molecule has 5 heteroatoms. The number of rotatable bonds is 6. The Labute approximate surface area is 146 Å². The number of nitrogens with zero attached hydrogens (tertiary/aromatic N) is 1. The van der Waals surface area contributed by atoms with Gasteiger partial charge in [0.1, 0.15) is 11.5 Å². The maximum absolute atomic E-state index is 12.5. The lowest BCUT2D eigenvalue weighted by Crippen LogP contribution is -2.35. The molecular weight excluding hydrogens is 322 g/mol. The maximum Gasteiger partial charge on any atom is 0.227 e. The minimum atomic E-state index is 0.168. The van der Waals surface area contributed by atoms with Gasteiger partial charge in [0.05, 0.1) is 19.4 Å².